The zero-order valence-corrected chi connectivity index (χ0v) is 13.4. The summed E-state index contributed by atoms with van der Waals surface area (Å²) in [6, 6.07) is 5.18. The number of piperidine rings is 1. The molecular formula is C13H18N4O2S2. The summed E-state index contributed by atoms with van der Waals surface area (Å²) in [4.78, 5) is 0.249. The SMILES string of the molecule is CCC1CN(S(=O)(=O)c2cccc3c2N=S=N3)CCC1N. The zero-order chi connectivity index (χ0) is 15.0. The van der Waals surface area contributed by atoms with Gasteiger partial charge in [0.25, 0.3) is 0 Å². The van der Waals surface area contributed by atoms with Gasteiger partial charge in [0.1, 0.15) is 16.3 Å². The Morgan fingerprint density at radius 3 is 3.00 bits per heavy atom. The Morgan fingerprint density at radius 2 is 2.24 bits per heavy atom. The number of hydrogen-bond acceptors (Lipinski definition) is 5. The molecule has 0 radical (unpaired) electrons. The Labute approximate surface area is 128 Å². The maximum absolute atomic E-state index is 12.9. The lowest BCUT2D eigenvalue weighted by atomic mass is 9.92. The highest BCUT2D eigenvalue weighted by molar-refractivity contribution is 7.89. The van der Waals surface area contributed by atoms with Crippen molar-refractivity contribution in [3.05, 3.63) is 18.2 Å². The molecule has 0 bridgehead atoms. The predicted octanol–water partition coefficient (Wildman–Crippen LogP) is 2.16. The van der Waals surface area contributed by atoms with Gasteiger partial charge in [-0.15, -0.1) is 0 Å². The molecule has 1 aromatic carbocycles. The second-order valence-electron chi connectivity index (χ2n) is 5.37. The number of fused-ring (bicyclic) bond motifs is 1. The van der Waals surface area contributed by atoms with Crippen molar-refractivity contribution in [2.24, 2.45) is 20.4 Å². The van der Waals surface area contributed by atoms with Gasteiger partial charge in [0.15, 0.2) is 0 Å². The van der Waals surface area contributed by atoms with Gasteiger partial charge in [0.2, 0.25) is 10.0 Å². The molecule has 0 aromatic heterocycles. The first-order valence-corrected chi connectivity index (χ1v) is 9.18. The molecule has 1 aromatic rings. The van der Waals surface area contributed by atoms with Crippen molar-refractivity contribution in [1.29, 1.82) is 0 Å². The highest BCUT2D eigenvalue weighted by Crippen LogP contribution is 2.39. The Balaban J connectivity index is 1.95. The van der Waals surface area contributed by atoms with Crippen LogP contribution in [0.1, 0.15) is 19.8 Å². The summed E-state index contributed by atoms with van der Waals surface area (Å²) in [5, 5.41) is 0. The quantitative estimate of drug-likeness (QED) is 0.937. The second kappa shape index (κ2) is 5.60. The van der Waals surface area contributed by atoms with Gasteiger partial charge < -0.3 is 5.73 Å². The Hall–Kier alpha value is -1.09. The summed E-state index contributed by atoms with van der Waals surface area (Å²) in [7, 11) is -3.54. The molecule has 114 valence electrons. The van der Waals surface area contributed by atoms with E-state index in [1.165, 1.54) is 0 Å². The molecule has 1 saturated heterocycles. The third-order valence-corrected chi connectivity index (χ3v) is 6.59. The third-order valence-electron chi connectivity index (χ3n) is 4.15. The van der Waals surface area contributed by atoms with Crippen molar-refractivity contribution in [3.8, 4) is 0 Å². The van der Waals surface area contributed by atoms with Crippen LogP contribution in [0.2, 0.25) is 0 Å². The standard InChI is InChI=1S/C13H18N4O2S2/c1-2-9-8-17(7-6-10(9)14)21(18,19)12-5-3-4-11-13(12)16-20-15-11/h3-5,9-10H,2,6-8,14H2,1H3. The fourth-order valence-electron chi connectivity index (χ4n) is 2.80. The van der Waals surface area contributed by atoms with Gasteiger partial charge in [0, 0.05) is 19.1 Å². The van der Waals surface area contributed by atoms with E-state index in [1.54, 1.807) is 22.5 Å². The van der Waals surface area contributed by atoms with E-state index in [1.807, 2.05) is 6.92 Å². The minimum atomic E-state index is -3.54. The fourth-order valence-corrected chi connectivity index (χ4v) is 5.06. The second-order valence-corrected chi connectivity index (χ2v) is 7.81. The van der Waals surface area contributed by atoms with Crippen molar-refractivity contribution in [3.63, 3.8) is 0 Å². The molecule has 3 rings (SSSR count). The van der Waals surface area contributed by atoms with E-state index in [0.29, 0.717) is 30.9 Å². The minimum Gasteiger partial charge on any atom is -0.327 e. The lowest BCUT2D eigenvalue weighted by Gasteiger charge is -2.35. The Bertz CT molecular complexity index is 726. The van der Waals surface area contributed by atoms with E-state index >= 15 is 0 Å². The van der Waals surface area contributed by atoms with Crippen molar-refractivity contribution in [1.82, 2.24) is 4.31 Å². The van der Waals surface area contributed by atoms with E-state index in [-0.39, 0.29) is 16.9 Å². The maximum atomic E-state index is 12.9. The summed E-state index contributed by atoms with van der Waals surface area (Å²) in [6.07, 6.45) is 1.58. The van der Waals surface area contributed by atoms with Gasteiger partial charge >= 0.3 is 0 Å². The number of nitrogens with zero attached hydrogens (tertiary/aromatic N) is 3. The van der Waals surface area contributed by atoms with Crippen molar-refractivity contribution in [2.75, 3.05) is 13.1 Å². The van der Waals surface area contributed by atoms with Gasteiger partial charge in [-0.3, -0.25) is 0 Å². The lowest BCUT2D eigenvalue weighted by Crippen LogP contribution is -2.48. The fraction of sp³-hybridized carbons (Fsp3) is 0.538. The van der Waals surface area contributed by atoms with Crippen LogP contribution in [0.15, 0.2) is 31.8 Å². The molecule has 2 aliphatic heterocycles. The summed E-state index contributed by atoms with van der Waals surface area (Å²) >= 11 is 1.03. The summed E-state index contributed by atoms with van der Waals surface area (Å²) in [5.74, 6) is 0.210. The molecule has 0 aliphatic carbocycles. The smallest absolute Gasteiger partial charge is 0.245 e. The minimum absolute atomic E-state index is 0.0816. The molecule has 0 spiro atoms. The van der Waals surface area contributed by atoms with Crippen molar-refractivity contribution >= 4 is 32.8 Å². The molecule has 2 aliphatic rings. The Morgan fingerprint density at radius 1 is 1.43 bits per heavy atom. The van der Waals surface area contributed by atoms with Gasteiger partial charge in [-0.2, -0.15) is 13.0 Å². The highest BCUT2D eigenvalue weighted by Gasteiger charge is 2.35. The van der Waals surface area contributed by atoms with E-state index < -0.39 is 10.0 Å². The molecule has 21 heavy (non-hydrogen) atoms. The first-order valence-electron chi connectivity index (χ1n) is 7.01. The molecular weight excluding hydrogens is 308 g/mol. The van der Waals surface area contributed by atoms with Gasteiger partial charge in [-0.1, -0.05) is 19.4 Å². The van der Waals surface area contributed by atoms with Crippen LogP contribution in [0.5, 0.6) is 0 Å². The number of nitrogens with two attached hydrogens (primary N) is 1. The summed E-state index contributed by atoms with van der Waals surface area (Å²) in [5.41, 5.74) is 7.16. The Kier molecular flexibility index (Phi) is 3.96. The first kappa shape index (κ1) is 14.8. The molecule has 1 fully saturated rings. The average Bonchev–Trinajstić information content (AvgIpc) is 2.95. The lowest BCUT2D eigenvalue weighted by molar-refractivity contribution is 0.230. The van der Waals surface area contributed by atoms with Gasteiger partial charge in [-0.25, -0.2) is 8.42 Å². The maximum Gasteiger partial charge on any atom is 0.245 e. The molecule has 0 saturated carbocycles. The summed E-state index contributed by atoms with van der Waals surface area (Å²) in [6.45, 7) is 2.99. The molecule has 2 N–H and O–H groups in total. The molecule has 6 nitrogen and oxygen atoms in total. The van der Waals surface area contributed by atoms with E-state index in [4.69, 9.17) is 5.73 Å². The number of sulfonamides is 1. The number of benzene rings is 1. The van der Waals surface area contributed by atoms with Crippen molar-refractivity contribution < 1.29 is 8.42 Å². The number of rotatable bonds is 3. The zero-order valence-electron chi connectivity index (χ0n) is 11.8. The molecule has 2 unspecified atom stereocenters. The van der Waals surface area contributed by atoms with Crippen LogP contribution in [0, 0.1) is 5.92 Å². The molecule has 8 heteroatoms. The normalized spacial score (nSPS) is 25.6. The third kappa shape index (κ3) is 2.57. The van der Waals surface area contributed by atoms with Gasteiger partial charge in [-0.05, 0) is 24.5 Å². The van der Waals surface area contributed by atoms with Gasteiger partial charge in [0.05, 0.1) is 11.4 Å². The van der Waals surface area contributed by atoms with Crippen LogP contribution < -0.4 is 5.73 Å². The predicted molar refractivity (Wildman–Crippen MR) is 83.1 cm³/mol. The summed E-state index contributed by atoms with van der Waals surface area (Å²) < 4.78 is 35.6. The molecule has 0 amide bonds. The topological polar surface area (TPSA) is 88.1 Å². The largest absolute Gasteiger partial charge is 0.327 e. The molecule has 2 heterocycles. The molecule has 2 atom stereocenters. The van der Waals surface area contributed by atoms with Crippen LogP contribution >= 0.6 is 0 Å². The van der Waals surface area contributed by atoms with Crippen LogP contribution in [0.3, 0.4) is 0 Å². The van der Waals surface area contributed by atoms with E-state index in [9.17, 15) is 8.42 Å². The monoisotopic (exact) mass is 326 g/mol. The van der Waals surface area contributed by atoms with Crippen LogP contribution in [-0.4, -0.2) is 31.9 Å². The van der Waals surface area contributed by atoms with Crippen LogP contribution in [0.4, 0.5) is 11.4 Å². The highest BCUT2D eigenvalue weighted by atomic mass is 32.2. The average molecular weight is 326 g/mol. The van der Waals surface area contributed by atoms with E-state index in [0.717, 1.165) is 17.8 Å². The van der Waals surface area contributed by atoms with Crippen molar-refractivity contribution in [2.45, 2.75) is 30.7 Å². The first-order chi connectivity index (χ1) is 10.0. The number of hydrogen-bond donors (Lipinski definition) is 1. The van der Waals surface area contributed by atoms with Crippen LogP contribution in [0.25, 0.3) is 0 Å². The van der Waals surface area contributed by atoms with E-state index in [2.05, 4.69) is 8.73 Å². The van der Waals surface area contributed by atoms with Crippen LogP contribution in [-0.2, 0) is 21.4 Å².